The zero-order valence-corrected chi connectivity index (χ0v) is 8.40. The highest BCUT2D eigenvalue weighted by Gasteiger charge is 1.98. The highest BCUT2D eigenvalue weighted by atomic mass is 32.2. The highest BCUT2D eigenvalue weighted by molar-refractivity contribution is 7.97. The van der Waals surface area contributed by atoms with E-state index < -0.39 is 0 Å². The van der Waals surface area contributed by atoms with Crippen molar-refractivity contribution in [2.45, 2.75) is 25.9 Å². The topological polar surface area (TPSA) is 37.8 Å². The molecule has 0 bridgehead atoms. The van der Waals surface area contributed by atoms with E-state index in [1.54, 1.807) is 0 Å². The van der Waals surface area contributed by atoms with Gasteiger partial charge in [-0.3, -0.25) is 4.72 Å². The lowest BCUT2D eigenvalue weighted by molar-refractivity contribution is 0.890. The number of nitrogens with zero attached hydrogens (tertiary/aromatic N) is 2. The van der Waals surface area contributed by atoms with E-state index in [4.69, 9.17) is 0 Å². The van der Waals surface area contributed by atoms with Crippen LogP contribution in [0.2, 0.25) is 0 Å². The molecule has 1 aromatic heterocycles. The SMILES string of the molecule is CCNSc1nc(C)cc(C)n1. The van der Waals surface area contributed by atoms with Crippen molar-refractivity contribution in [3.05, 3.63) is 17.5 Å². The Hall–Kier alpha value is -0.610. The summed E-state index contributed by atoms with van der Waals surface area (Å²) in [4.78, 5) is 8.52. The highest BCUT2D eigenvalue weighted by Crippen LogP contribution is 2.09. The molecule has 3 nitrogen and oxygen atoms in total. The normalized spacial score (nSPS) is 10.2. The molecule has 1 heterocycles. The molecule has 0 spiro atoms. The van der Waals surface area contributed by atoms with Gasteiger partial charge in [-0.15, -0.1) is 0 Å². The van der Waals surface area contributed by atoms with Gasteiger partial charge in [0.15, 0.2) is 0 Å². The summed E-state index contributed by atoms with van der Waals surface area (Å²) in [6, 6.07) is 1.97. The van der Waals surface area contributed by atoms with Gasteiger partial charge in [0, 0.05) is 17.9 Å². The third-order valence-corrected chi connectivity index (χ3v) is 2.07. The minimum absolute atomic E-state index is 0.800. The van der Waals surface area contributed by atoms with Crippen LogP contribution in [0.1, 0.15) is 18.3 Å². The van der Waals surface area contributed by atoms with Gasteiger partial charge < -0.3 is 0 Å². The summed E-state index contributed by atoms with van der Waals surface area (Å²) in [7, 11) is 0. The van der Waals surface area contributed by atoms with Gasteiger partial charge in [-0.1, -0.05) is 6.92 Å². The lowest BCUT2D eigenvalue weighted by atomic mass is 10.4. The quantitative estimate of drug-likeness (QED) is 0.572. The lowest BCUT2D eigenvalue weighted by Gasteiger charge is -2.01. The summed E-state index contributed by atoms with van der Waals surface area (Å²) in [5, 5.41) is 0.800. The molecular weight excluding hydrogens is 170 g/mol. The third-order valence-electron chi connectivity index (χ3n) is 1.27. The van der Waals surface area contributed by atoms with Crippen LogP contribution in [0.15, 0.2) is 11.2 Å². The van der Waals surface area contributed by atoms with E-state index in [9.17, 15) is 0 Å². The molecule has 4 heteroatoms. The van der Waals surface area contributed by atoms with Crippen LogP contribution in [0.5, 0.6) is 0 Å². The zero-order chi connectivity index (χ0) is 8.97. The van der Waals surface area contributed by atoms with Crippen LogP contribution in [0.4, 0.5) is 0 Å². The Kier molecular flexibility index (Phi) is 3.49. The summed E-state index contributed by atoms with van der Waals surface area (Å²) in [5.74, 6) is 0. The fourth-order valence-corrected chi connectivity index (χ4v) is 1.53. The maximum Gasteiger partial charge on any atom is 0.203 e. The van der Waals surface area contributed by atoms with Gasteiger partial charge in [-0.05, 0) is 31.9 Å². The van der Waals surface area contributed by atoms with Crippen molar-refractivity contribution in [2.24, 2.45) is 0 Å². The van der Waals surface area contributed by atoms with Gasteiger partial charge in [-0.25, -0.2) is 9.97 Å². The lowest BCUT2D eigenvalue weighted by Crippen LogP contribution is -2.03. The van der Waals surface area contributed by atoms with Gasteiger partial charge in [0.05, 0.1) is 0 Å². The van der Waals surface area contributed by atoms with Crippen LogP contribution < -0.4 is 4.72 Å². The predicted molar refractivity (Wildman–Crippen MR) is 51.0 cm³/mol. The van der Waals surface area contributed by atoms with Crippen molar-refractivity contribution >= 4 is 11.9 Å². The monoisotopic (exact) mass is 183 g/mol. The molecule has 1 rings (SSSR count). The van der Waals surface area contributed by atoms with Gasteiger partial charge in [0.25, 0.3) is 0 Å². The van der Waals surface area contributed by atoms with Crippen molar-refractivity contribution in [3.63, 3.8) is 0 Å². The van der Waals surface area contributed by atoms with Crippen molar-refractivity contribution in [1.82, 2.24) is 14.7 Å². The van der Waals surface area contributed by atoms with E-state index in [2.05, 4.69) is 21.6 Å². The molecule has 0 aliphatic rings. The Balaban J connectivity index is 2.72. The summed E-state index contributed by atoms with van der Waals surface area (Å²) in [6.45, 7) is 6.92. The van der Waals surface area contributed by atoms with Crippen molar-refractivity contribution in [1.29, 1.82) is 0 Å². The largest absolute Gasteiger partial charge is 0.258 e. The predicted octanol–water partition coefficient (Wildman–Crippen LogP) is 1.71. The van der Waals surface area contributed by atoms with Crippen molar-refractivity contribution < 1.29 is 0 Å². The second-order valence-electron chi connectivity index (χ2n) is 2.53. The second kappa shape index (κ2) is 4.42. The molecule has 0 amide bonds. The molecule has 1 N–H and O–H groups in total. The van der Waals surface area contributed by atoms with Crippen LogP contribution in [-0.4, -0.2) is 16.5 Å². The minimum atomic E-state index is 0.800. The minimum Gasteiger partial charge on any atom is -0.258 e. The van der Waals surface area contributed by atoms with Gasteiger partial charge in [-0.2, -0.15) is 0 Å². The smallest absolute Gasteiger partial charge is 0.203 e. The maximum absolute atomic E-state index is 4.26. The van der Waals surface area contributed by atoms with E-state index in [1.807, 2.05) is 19.9 Å². The fourth-order valence-electron chi connectivity index (χ4n) is 0.876. The van der Waals surface area contributed by atoms with Crippen LogP contribution in [0, 0.1) is 13.8 Å². The molecular formula is C8H13N3S. The van der Waals surface area contributed by atoms with E-state index in [1.165, 1.54) is 11.9 Å². The summed E-state index contributed by atoms with van der Waals surface area (Å²) in [5.41, 5.74) is 2.03. The van der Waals surface area contributed by atoms with Crippen molar-refractivity contribution in [2.75, 3.05) is 6.54 Å². The van der Waals surface area contributed by atoms with Gasteiger partial charge in [0.2, 0.25) is 5.16 Å². The first-order valence-corrected chi connectivity index (χ1v) is 4.76. The van der Waals surface area contributed by atoms with E-state index in [0.717, 1.165) is 23.1 Å². The first-order chi connectivity index (χ1) is 5.72. The molecule has 0 saturated carbocycles. The molecule has 0 saturated heterocycles. The van der Waals surface area contributed by atoms with Crippen LogP contribution in [-0.2, 0) is 0 Å². The first kappa shape index (κ1) is 9.48. The molecule has 0 fully saturated rings. The summed E-state index contributed by atoms with van der Waals surface area (Å²) in [6.07, 6.45) is 0. The molecule has 66 valence electrons. The van der Waals surface area contributed by atoms with Crippen LogP contribution >= 0.6 is 11.9 Å². The number of rotatable bonds is 3. The second-order valence-corrected chi connectivity index (χ2v) is 3.39. The summed E-state index contributed by atoms with van der Waals surface area (Å²) < 4.78 is 3.11. The van der Waals surface area contributed by atoms with Crippen LogP contribution in [0.3, 0.4) is 0 Å². The van der Waals surface area contributed by atoms with Gasteiger partial charge >= 0.3 is 0 Å². The first-order valence-electron chi connectivity index (χ1n) is 3.94. The standard InChI is InChI=1S/C8H13N3S/c1-4-9-12-8-10-6(2)5-7(3)11-8/h5,9H,4H2,1-3H3. The van der Waals surface area contributed by atoms with E-state index in [-0.39, 0.29) is 0 Å². The summed E-state index contributed by atoms with van der Waals surface area (Å²) >= 11 is 1.48. The van der Waals surface area contributed by atoms with Crippen molar-refractivity contribution in [3.8, 4) is 0 Å². The molecule has 0 aliphatic heterocycles. The van der Waals surface area contributed by atoms with Gasteiger partial charge in [0.1, 0.15) is 0 Å². The van der Waals surface area contributed by atoms with E-state index in [0.29, 0.717) is 0 Å². The zero-order valence-electron chi connectivity index (χ0n) is 7.59. The van der Waals surface area contributed by atoms with E-state index >= 15 is 0 Å². The Morgan fingerprint density at radius 1 is 1.33 bits per heavy atom. The molecule has 1 aromatic rings. The Bertz CT molecular complexity index is 242. The molecule has 0 unspecified atom stereocenters. The number of hydrogen-bond acceptors (Lipinski definition) is 4. The fraction of sp³-hybridized carbons (Fsp3) is 0.500. The average molecular weight is 183 g/mol. The number of aromatic nitrogens is 2. The number of aryl methyl sites for hydroxylation is 2. The maximum atomic E-state index is 4.26. The third kappa shape index (κ3) is 2.79. The molecule has 12 heavy (non-hydrogen) atoms. The number of hydrogen-bond donors (Lipinski definition) is 1. The Morgan fingerprint density at radius 2 is 1.92 bits per heavy atom. The molecule has 0 aliphatic carbocycles. The Morgan fingerprint density at radius 3 is 2.42 bits per heavy atom. The van der Waals surface area contributed by atoms with Crippen LogP contribution in [0.25, 0.3) is 0 Å². The molecule has 0 atom stereocenters. The Labute approximate surface area is 77.1 Å². The number of nitrogens with one attached hydrogen (secondary N) is 1. The molecule has 0 radical (unpaired) electrons. The molecule has 0 aromatic carbocycles. The average Bonchev–Trinajstić information content (AvgIpc) is 1.99.